The van der Waals surface area contributed by atoms with E-state index in [1.807, 2.05) is 0 Å². The van der Waals surface area contributed by atoms with Crippen LogP contribution in [0.15, 0.2) is 0 Å². The van der Waals surface area contributed by atoms with Crippen molar-refractivity contribution in [1.29, 1.82) is 0 Å². The Bertz CT molecular complexity index is 77.7. The number of hydrogen-bond donors (Lipinski definition) is 0. The third kappa shape index (κ3) is 17.9. The summed E-state index contributed by atoms with van der Waals surface area (Å²) in [5.74, 6) is 0. The summed E-state index contributed by atoms with van der Waals surface area (Å²) in [6, 6.07) is 0. The van der Waals surface area contributed by atoms with Crippen molar-refractivity contribution in [3.63, 3.8) is 0 Å². The van der Waals surface area contributed by atoms with E-state index >= 15 is 0 Å². The summed E-state index contributed by atoms with van der Waals surface area (Å²) < 4.78 is 0. The fraction of sp³-hybridized carbons (Fsp3) is 0. The molecule has 7 heavy (non-hydrogen) atoms. The van der Waals surface area contributed by atoms with Gasteiger partial charge in [0.15, 0.2) is 0 Å². The van der Waals surface area contributed by atoms with E-state index in [9.17, 15) is 0 Å². The maximum Gasteiger partial charge on any atom is -0.0159 e. The lowest BCUT2D eigenvalue weighted by Gasteiger charge is -1.96. The molecular weight excluding hydrogens is 102 g/mol. The molecule has 0 saturated heterocycles. The summed E-state index contributed by atoms with van der Waals surface area (Å²) in [5, 5.41) is 23.4. The van der Waals surface area contributed by atoms with E-state index in [2.05, 4.69) is 0 Å². The van der Waals surface area contributed by atoms with E-state index in [1.165, 1.54) is 0 Å². The van der Waals surface area contributed by atoms with Gasteiger partial charge >= 0.3 is 0 Å². The van der Waals surface area contributed by atoms with Gasteiger partial charge in [0.05, 0.1) is 0 Å². The number of nitrogens with zero attached hydrogens (tertiary/aromatic N) is 1. The molecular formula is C2NO4-3. The molecule has 0 aliphatic rings. The van der Waals surface area contributed by atoms with Crippen LogP contribution in [-0.2, 0) is 4.79 Å². The molecule has 0 N–H and O–H groups in total. The zero-order chi connectivity index (χ0) is 6.28. The van der Waals surface area contributed by atoms with Gasteiger partial charge in [0, 0.05) is 0 Å². The van der Waals surface area contributed by atoms with Crippen LogP contribution in [0.25, 0.3) is 5.41 Å². The van der Waals surface area contributed by atoms with Crippen LogP contribution in [0.5, 0.6) is 0 Å². The van der Waals surface area contributed by atoms with Gasteiger partial charge in [-0.25, -0.2) is 0 Å². The average molecular weight is 102 g/mol. The van der Waals surface area contributed by atoms with Gasteiger partial charge < -0.3 is 20.4 Å². The van der Waals surface area contributed by atoms with E-state index in [-0.39, 0.29) is 0 Å². The molecule has 5 nitrogen and oxygen atoms in total. The highest BCUT2D eigenvalue weighted by Gasteiger charge is 1.26. The molecule has 40 valence electrons. The number of hydrogen-bond acceptors (Lipinski definition) is 4. The van der Waals surface area contributed by atoms with E-state index in [0.717, 1.165) is 0 Å². The Morgan fingerprint density at radius 3 is 1.57 bits per heavy atom. The highest BCUT2D eigenvalue weighted by molar-refractivity contribution is 5.47. The van der Waals surface area contributed by atoms with Crippen molar-refractivity contribution in [1.82, 2.24) is 0 Å². The molecule has 0 atom stereocenters. The number of carbonyl (C=O) groups is 1. The second-order valence-corrected chi connectivity index (χ2v) is 0.341. The zero-order valence-corrected chi connectivity index (χ0v) is 3.08. The molecule has 0 rings (SSSR count). The first-order chi connectivity index (χ1) is 3.15. The predicted molar refractivity (Wildman–Crippen MR) is 14.4 cm³/mol. The molecule has 0 aliphatic heterocycles. The SMILES string of the molecule is O=C([O-])[O-].[N-]=C=O. The van der Waals surface area contributed by atoms with Crippen LogP contribution in [-0.4, -0.2) is 12.2 Å². The van der Waals surface area contributed by atoms with Crippen molar-refractivity contribution in [3.8, 4) is 0 Å². The minimum Gasteiger partial charge on any atom is -0.724 e. The molecule has 0 fully saturated rings. The molecule has 0 radical (unpaired) electrons. The minimum atomic E-state index is -2.33. The Morgan fingerprint density at radius 2 is 1.57 bits per heavy atom. The van der Waals surface area contributed by atoms with Crippen LogP contribution >= 0.6 is 0 Å². The Balaban J connectivity index is 0. The molecule has 0 aromatic rings. The Morgan fingerprint density at radius 1 is 1.57 bits per heavy atom. The fourth-order valence-electron chi connectivity index (χ4n) is 0. The van der Waals surface area contributed by atoms with E-state index in [1.54, 1.807) is 0 Å². The second-order valence-electron chi connectivity index (χ2n) is 0.341. The largest absolute Gasteiger partial charge is 0.724 e. The van der Waals surface area contributed by atoms with Gasteiger partial charge in [-0.1, -0.05) is 0 Å². The third-order valence-electron chi connectivity index (χ3n) is 0. The lowest BCUT2D eigenvalue weighted by Crippen LogP contribution is -2.37. The summed E-state index contributed by atoms with van der Waals surface area (Å²) in [4.78, 5) is 16.6. The monoisotopic (exact) mass is 102 g/mol. The highest BCUT2D eigenvalue weighted by Crippen LogP contribution is 1.21. The standard InChI is InChI=1S/CNO.CH2O3/c2-1-3;2-1(3)4/h;(H2,2,3,4)/q-1;/p-2. The highest BCUT2D eigenvalue weighted by atomic mass is 16.6. The first-order valence-electron chi connectivity index (χ1n) is 1.04. The molecule has 0 saturated carbocycles. The van der Waals surface area contributed by atoms with Crippen LogP contribution in [0.3, 0.4) is 0 Å². The maximum atomic E-state index is 8.33. The summed E-state index contributed by atoms with van der Waals surface area (Å²) in [7, 11) is 0. The quantitative estimate of drug-likeness (QED) is 0.248. The van der Waals surface area contributed by atoms with Gasteiger partial charge in [0.2, 0.25) is 0 Å². The van der Waals surface area contributed by atoms with Gasteiger partial charge in [-0.15, -0.1) is 0 Å². The second kappa shape index (κ2) is 8.82. The number of isocyanates is 1. The molecule has 0 aliphatic carbocycles. The fourth-order valence-corrected chi connectivity index (χ4v) is 0. The summed E-state index contributed by atoms with van der Waals surface area (Å²) >= 11 is 0. The number of carbonyl (C=O) groups excluding carboxylic acids is 2. The Kier molecular flexibility index (Phi) is 11.6. The van der Waals surface area contributed by atoms with Crippen LogP contribution in [0.1, 0.15) is 0 Å². The number of rotatable bonds is 0. The minimum absolute atomic E-state index is 0.500. The van der Waals surface area contributed by atoms with Gasteiger partial charge in [-0.2, -0.15) is 0 Å². The topological polar surface area (TPSA) is 103 Å². The molecule has 0 amide bonds. The Hall–Kier alpha value is -1.35. The van der Waals surface area contributed by atoms with Crippen LogP contribution in [0.4, 0.5) is 4.79 Å². The van der Waals surface area contributed by atoms with Crippen LogP contribution in [0, 0.1) is 0 Å². The molecule has 0 aromatic carbocycles. The number of carboxylic acid groups (broad SMARTS) is 2. The first kappa shape index (κ1) is 9.17. The zero-order valence-electron chi connectivity index (χ0n) is 3.08. The summed E-state index contributed by atoms with van der Waals surface area (Å²) in [6.45, 7) is 0. The third-order valence-corrected chi connectivity index (χ3v) is 0. The van der Waals surface area contributed by atoms with Gasteiger partial charge in [-0.05, 0) is 12.2 Å². The van der Waals surface area contributed by atoms with Crippen molar-refractivity contribution >= 4 is 12.2 Å². The normalized spacial score (nSPS) is 4.57. The van der Waals surface area contributed by atoms with Crippen molar-refractivity contribution in [2.24, 2.45) is 0 Å². The van der Waals surface area contributed by atoms with Crippen LogP contribution < -0.4 is 10.2 Å². The predicted octanol–water partition coefficient (Wildman–Crippen LogP) is -2.56. The Labute approximate surface area is 38.7 Å². The first-order valence-corrected chi connectivity index (χ1v) is 1.04. The average Bonchev–Trinajstić information content (AvgIpc) is 1.33. The van der Waals surface area contributed by atoms with Crippen molar-refractivity contribution in [2.75, 3.05) is 0 Å². The maximum absolute atomic E-state index is 8.33. The molecule has 0 spiro atoms. The van der Waals surface area contributed by atoms with Gasteiger partial charge in [0.25, 0.3) is 0 Å². The smallest absolute Gasteiger partial charge is 0.0159 e. The van der Waals surface area contributed by atoms with E-state index in [4.69, 9.17) is 25.2 Å². The molecule has 0 heterocycles. The van der Waals surface area contributed by atoms with E-state index in [0.29, 0.717) is 6.08 Å². The molecule has 0 aromatic heterocycles. The lowest BCUT2D eigenvalue weighted by molar-refractivity contribution is -0.415. The molecule has 0 unspecified atom stereocenters. The summed E-state index contributed by atoms with van der Waals surface area (Å²) in [5.41, 5.74) is 0. The van der Waals surface area contributed by atoms with Crippen LogP contribution in [0.2, 0.25) is 0 Å². The van der Waals surface area contributed by atoms with Crippen molar-refractivity contribution in [3.05, 3.63) is 5.41 Å². The van der Waals surface area contributed by atoms with E-state index < -0.39 is 6.16 Å². The van der Waals surface area contributed by atoms with Crippen molar-refractivity contribution < 1.29 is 19.8 Å². The summed E-state index contributed by atoms with van der Waals surface area (Å²) in [6.07, 6.45) is -1.83. The molecule has 5 heteroatoms. The molecule has 0 bridgehead atoms. The van der Waals surface area contributed by atoms with Gasteiger partial charge in [-0.3, -0.25) is 4.79 Å². The van der Waals surface area contributed by atoms with Crippen molar-refractivity contribution in [2.45, 2.75) is 0 Å². The lowest BCUT2D eigenvalue weighted by atomic mass is 11.5. The van der Waals surface area contributed by atoms with Gasteiger partial charge in [0.1, 0.15) is 0 Å².